The van der Waals surface area contributed by atoms with Gasteiger partial charge in [-0.2, -0.15) is 0 Å². The van der Waals surface area contributed by atoms with Gasteiger partial charge in [0.2, 0.25) is 0 Å². The molecular weight excluding hydrogens is 166 g/mol. The molecule has 1 fully saturated rings. The fourth-order valence-corrected chi connectivity index (χ4v) is 1.62. The minimum atomic E-state index is 0.336. The van der Waals surface area contributed by atoms with Crippen molar-refractivity contribution in [1.82, 2.24) is 15.3 Å². The van der Waals surface area contributed by atoms with Crippen LogP contribution in [0.3, 0.4) is 0 Å². The van der Waals surface area contributed by atoms with Gasteiger partial charge in [-0.1, -0.05) is 0 Å². The molecule has 2 rings (SSSR count). The molecular formula is C9H15N3O. The molecule has 1 aromatic rings. The number of hydrogen-bond acceptors (Lipinski definition) is 3. The molecule has 2 N–H and O–H groups in total. The summed E-state index contributed by atoms with van der Waals surface area (Å²) in [5.74, 6) is 0. The van der Waals surface area contributed by atoms with Crippen LogP contribution in [0.4, 0.5) is 0 Å². The van der Waals surface area contributed by atoms with E-state index >= 15 is 0 Å². The maximum atomic E-state index is 5.45. The first kappa shape index (κ1) is 8.72. The monoisotopic (exact) mass is 181 g/mol. The highest BCUT2D eigenvalue weighted by molar-refractivity contribution is 4.94. The number of H-pyrrole nitrogens is 1. The van der Waals surface area contributed by atoms with Crippen molar-refractivity contribution >= 4 is 0 Å². The molecule has 4 heteroatoms. The molecule has 0 saturated carbocycles. The summed E-state index contributed by atoms with van der Waals surface area (Å²) in [5.41, 5.74) is 1.12. The lowest BCUT2D eigenvalue weighted by molar-refractivity contribution is 0.113. The molecule has 2 unspecified atom stereocenters. The van der Waals surface area contributed by atoms with E-state index in [1.54, 1.807) is 6.33 Å². The fraction of sp³-hybridized carbons (Fsp3) is 0.667. The Bertz CT molecular complexity index is 247. The molecule has 1 aromatic heterocycles. The fourth-order valence-electron chi connectivity index (χ4n) is 1.62. The van der Waals surface area contributed by atoms with Crippen LogP contribution in [0.1, 0.15) is 19.0 Å². The van der Waals surface area contributed by atoms with E-state index in [0.29, 0.717) is 12.1 Å². The minimum absolute atomic E-state index is 0.336. The lowest BCUT2D eigenvalue weighted by Gasteiger charge is -2.14. The van der Waals surface area contributed by atoms with Crippen LogP contribution in [0.15, 0.2) is 12.5 Å². The number of imidazole rings is 1. The van der Waals surface area contributed by atoms with Crippen LogP contribution in [-0.2, 0) is 11.3 Å². The SMILES string of the molecule is CC1OCCC1NCc1cnc[nH]1. The Morgan fingerprint density at radius 2 is 2.69 bits per heavy atom. The van der Waals surface area contributed by atoms with E-state index in [0.717, 1.165) is 25.3 Å². The van der Waals surface area contributed by atoms with Crippen molar-refractivity contribution in [3.63, 3.8) is 0 Å². The van der Waals surface area contributed by atoms with E-state index in [-0.39, 0.29) is 0 Å². The smallest absolute Gasteiger partial charge is 0.0922 e. The van der Waals surface area contributed by atoms with Gasteiger partial charge in [0.05, 0.1) is 12.4 Å². The van der Waals surface area contributed by atoms with Crippen molar-refractivity contribution in [1.29, 1.82) is 0 Å². The zero-order chi connectivity index (χ0) is 9.10. The van der Waals surface area contributed by atoms with Gasteiger partial charge in [-0.05, 0) is 13.3 Å². The first-order chi connectivity index (χ1) is 6.36. The number of hydrogen-bond donors (Lipinski definition) is 2. The van der Waals surface area contributed by atoms with Crippen LogP contribution >= 0.6 is 0 Å². The van der Waals surface area contributed by atoms with E-state index in [2.05, 4.69) is 22.2 Å². The van der Waals surface area contributed by atoms with Crippen molar-refractivity contribution in [3.05, 3.63) is 18.2 Å². The summed E-state index contributed by atoms with van der Waals surface area (Å²) < 4.78 is 5.45. The van der Waals surface area contributed by atoms with E-state index in [9.17, 15) is 0 Å². The lowest BCUT2D eigenvalue weighted by atomic mass is 10.1. The van der Waals surface area contributed by atoms with E-state index in [4.69, 9.17) is 4.74 Å². The zero-order valence-corrected chi connectivity index (χ0v) is 7.79. The molecule has 1 aliphatic heterocycles. The molecule has 2 atom stereocenters. The van der Waals surface area contributed by atoms with Gasteiger partial charge in [-0.25, -0.2) is 4.98 Å². The van der Waals surface area contributed by atoms with Gasteiger partial charge in [-0.15, -0.1) is 0 Å². The quantitative estimate of drug-likeness (QED) is 0.720. The molecule has 0 aromatic carbocycles. The standard InChI is InChI=1S/C9H15N3O/c1-7-9(2-3-13-7)11-5-8-4-10-6-12-8/h4,6-7,9,11H,2-3,5H2,1H3,(H,10,12). The van der Waals surface area contributed by atoms with Gasteiger partial charge in [0.25, 0.3) is 0 Å². The number of aromatic amines is 1. The van der Waals surface area contributed by atoms with Gasteiger partial charge < -0.3 is 15.0 Å². The predicted octanol–water partition coefficient (Wildman–Crippen LogP) is 0.677. The van der Waals surface area contributed by atoms with Crippen LogP contribution in [0.5, 0.6) is 0 Å². The van der Waals surface area contributed by atoms with Gasteiger partial charge in [-0.3, -0.25) is 0 Å². The molecule has 1 saturated heterocycles. The Morgan fingerprint density at radius 3 is 3.31 bits per heavy atom. The largest absolute Gasteiger partial charge is 0.377 e. The Balaban J connectivity index is 1.79. The molecule has 13 heavy (non-hydrogen) atoms. The predicted molar refractivity (Wildman–Crippen MR) is 49.2 cm³/mol. The van der Waals surface area contributed by atoms with E-state index in [1.807, 2.05) is 6.20 Å². The average molecular weight is 181 g/mol. The molecule has 0 aliphatic carbocycles. The maximum Gasteiger partial charge on any atom is 0.0922 e. The van der Waals surface area contributed by atoms with Crippen molar-refractivity contribution in [3.8, 4) is 0 Å². The second-order valence-corrected chi connectivity index (χ2v) is 3.43. The highest BCUT2D eigenvalue weighted by Crippen LogP contribution is 2.12. The Hall–Kier alpha value is -0.870. The summed E-state index contributed by atoms with van der Waals surface area (Å²) in [6.07, 6.45) is 4.98. The molecule has 1 aliphatic rings. The van der Waals surface area contributed by atoms with Gasteiger partial charge in [0, 0.05) is 31.1 Å². The van der Waals surface area contributed by atoms with E-state index in [1.165, 1.54) is 0 Å². The molecule has 0 bridgehead atoms. The topological polar surface area (TPSA) is 49.9 Å². The molecule has 0 spiro atoms. The molecule has 4 nitrogen and oxygen atoms in total. The van der Waals surface area contributed by atoms with Gasteiger partial charge in [0.15, 0.2) is 0 Å². The lowest BCUT2D eigenvalue weighted by Crippen LogP contribution is -2.34. The summed E-state index contributed by atoms with van der Waals surface area (Å²) in [7, 11) is 0. The first-order valence-electron chi connectivity index (χ1n) is 4.68. The van der Waals surface area contributed by atoms with Crippen molar-refractivity contribution < 1.29 is 4.74 Å². The number of ether oxygens (including phenoxy) is 1. The average Bonchev–Trinajstić information content (AvgIpc) is 2.72. The van der Waals surface area contributed by atoms with Crippen molar-refractivity contribution in [2.24, 2.45) is 0 Å². The number of nitrogens with one attached hydrogen (secondary N) is 2. The Kier molecular flexibility index (Phi) is 2.61. The second kappa shape index (κ2) is 3.89. The van der Waals surface area contributed by atoms with Crippen LogP contribution in [-0.4, -0.2) is 28.7 Å². The number of aromatic nitrogens is 2. The van der Waals surface area contributed by atoms with Crippen molar-refractivity contribution in [2.75, 3.05) is 6.61 Å². The summed E-state index contributed by atoms with van der Waals surface area (Å²) in [6.45, 7) is 3.83. The molecule has 2 heterocycles. The van der Waals surface area contributed by atoms with Crippen LogP contribution < -0.4 is 5.32 Å². The summed E-state index contributed by atoms with van der Waals surface area (Å²) in [5, 5.41) is 3.44. The third kappa shape index (κ3) is 2.08. The first-order valence-corrected chi connectivity index (χ1v) is 4.68. The summed E-state index contributed by atoms with van der Waals surface area (Å²) in [6, 6.07) is 0.489. The molecule has 0 radical (unpaired) electrons. The van der Waals surface area contributed by atoms with E-state index < -0.39 is 0 Å². The van der Waals surface area contributed by atoms with Crippen LogP contribution in [0.25, 0.3) is 0 Å². The zero-order valence-electron chi connectivity index (χ0n) is 7.79. The molecule has 0 amide bonds. The van der Waals surface area contributed by atoms with Gasteiger partial charge in [0.1, 0.15) is 0 Å². The highest BCUT2D eigenvalue weighted by atomic mass is 16.5. The molecule has 72 valence electrons. The number of rotatable bonds is 3. The Labute approximate surface area is 77.7 Å². The third-order valence-electron chi connectivity index (χ3n) is 2.49. The maximum absolute atomic E-state index is 5.45. The summed E-state index contributed by atoms with van der Waals surface area (Å²) in [4.78, 5) is 7.02. The Morgan fingerprint density at radius 1 is 1.77 bits per heavy atom. The highest BCUT2D eigenvalue weighted by Gasteiger charge is 2.23. The minimum Gasteiger partial charge on any atom is -0.377 e. The second-order valence-electron chi connectivity index (χ2n) is 3.43. The third-order valence-corrected chi connectivity index (χ3v) is 2.49. The summed E-state index contributed by atoms with van der Waals surface area (Å²) >= 11 is 0. The van der Waals surface area contributed by atoms with Gasteiger partial charge >= 0.3 is 0 Å². The van der Waals surface area contributed by atoms with Crippen LogP contribution in [0.2, 0.25) is 0 Å². The normalized spacial score (nSPS) is 28.1. The van der Waals surface area contributed by atoms with Crippen molar-refractivity contribution in [2.45, 2.75) is 32.0 Å². The number of nitrogens with zero attached hydrogens (tertiary/aromatic N) is 1. The van der Waals surface area contributed by atoms with Crippen LogP contribution in [0, 0.1) is 0 Å².